The Bertz CT molecular complexity index is 1500. The van der Waals surface area contributed by atoms with Crippen molar-refractivity contribution in [2.24, 2.45) is 0 Å². The monoisotopic (exact) mass is 541 g/mol. The van der Waals surface area contributed by atoms with Crippen molar-refractivity contribution in [1.29, 1.82) is 5.26 Å². The number of amides is 1. The van der Waals surface area contributed by atoms with E-state index in [1.165, 1.54) is 17.4 Å². The van der Waals surface area contributed by atoms with Gasteiger partial charge in [0.1, 0.15) is 30.6 Å². The van der Waals surface area contributed by atoms with Crippen LogP contribution in [0.5, 0.6) is 17.2 Å². The summed E-state index contributed by atoms with van der Waals surface area (Å²) < 4.78 is 18.7. The first-order valence-corrected chi connectivity index (χ1v) is 13.6. The SMILES string of the molecule is CCOc1cc(/C=C(\C#N)C(=O)Nc2nc3ccccc3s2)ccc1OCCOc1cc(C)ccc1C(C)C. The number of nitrogens with one attached hydrogen (secondary N) is 1. The molecule has 0 aliphatic heterocycles. The fourth-order valence-corrected chi connectivity index (χ4v) is 4.82. The third-order valence-electron chi connectivity index (χ3n) is 5.85. The van der Waals surface area contributed by atoms with Gasteiger partial charge in [0.2, 0.25) is 0 Å². The molecule has 0 aliphatic carbocycles. The van der Waals surface area contributed by atoms with Crippen molar-refractivity contribution in [3.05, 3.63) is 82.9 Å². The fourth-order valence-electron chi connectivity index (χ4n) is 3.95. The van der Waals surface area contributed by atoms with Gasteiger partial charge in [-0.25, -0.2) is 4.98 Å². The summed E-state index contributed by atoms with van der Waals surface area (Å²) in [4.78, 5) is 17.2. The molecule has 0 fully saturated rings. The predicted molar refractivity (Wildman–Crippen MR) is 156 cm³/mol. The number of benzene rings is 3. The normalized spacial score (nSPS) is 11.3. The molecule has 4 aromatic rings. The van der Waals surface area contributed by atoms with Gasteiger partial charge in [-0.2, -0.15) is 5.26 Å². The van der Waals surface area contributed by atoms with Crippen LogP contribution in [0.2, 0.25) is 0 Å². The van der Waals surface area contributed by atoms with Crippen molar-refractivity contribution >= 4 is 38.7 Å². The second kappa shape index (κ2) is 12.9. The maximum Gasteiger partial charge on any atom is 0.268 e. The van der Waals surface area contributed by atoms with E-state index in [-0.39, 0.29) is 5.57 Å². The lowest BCUT2D eigenvalue weighted by Gasteiger charge is -2.16. The molecule has 8 heteroatoms. The Morgan fingerprint density at radius 2 is 1.79 bits per heavy atom. The average molecular weight is 542 g/mol. The van der Waals surface area contributed by atoms with E-state index in [1.54, 1.807) is 18.2 Å². The molecule has 3 aromatic carbocycles. The van der Waals surface area contributed by atoms with Gasteiger partial charge < -0.3 is 14.2 Å². The molecule has 1 heterocycles. The van der Waals surface area contributed by atoms with Crippen LogP contribution in [0, 0.1) is 18.3 Å². The largest absolute Gasteiger partial charge is 0.490 e. The fraction of sp³-hybridized carbons (Fsp3) is 0.258. The summed E-state index contributed by atoms with van der Waals surface area (Å²) in [6.45, 7) is 9.34. The first-order valence-electron chi connectivity index (χ1n) is 12.8. The second-order valence-electron chi connectivity index (χ2n) is 9.14. The molecule has 0 aliphatic rings. The van der Waals surface area contributed by atoms with E-state index in [0.29, 0.717) is 47.9 Å². The first kappa shape index (κ1) is 27.7. The van der Waals surface area contributed by atoms with Gasteiger partial charge in [0.05, 0.1) is 16.8 Å². The van der Waals surface area contributed by atoms with Crippen LogP contribution >= 0.6 is 11.3 Å². The zero-order valence-corrected chi connectivity index (χ0v) is 23.3. The molecule has 39 heavy (non-hydrogen) atoms. The molecule has 1 N–H and O–H groups in total. The summed E-state index contributed by atoms with van der Waals surface area (Å²) in [5.74, 6) is 1.78. The molecule has 0 saturated carbocycles. The highest BCUT2D eigenvalue weighted by Gasteiger charge is 2.14. The van der Waals surface area contributed by atoms with Crippen molar-refractivity contribution in [1.82, 2.24) is 4.98 Å². The van der Waals surface area contributed by atoms with E-state index in [0.717, 1.165) is 27.1 Å². The Kier molecular flexibility index (Phi) is 9.18. The summed E-state index contributed by atoms with van der Waals surface area (Å²) in [7, 11) is 0. The average Bonchev–Trinajstić information content (AvgIpc) is 3.33. The highest BCUT2D eigenvalue weighted by Crippen LogP contribution is 2.31. The number of fused-ring (bicyclic) bond motifs is 1. The highest BCUT2D eigenvalue weighted by atomic mass is 32.1. The molecule has 1 amide bonds. The number of carbonyl (C=O) groups excluding carboxylic acids is 1. The third kappa shape index (κ3) is 7.15. The van der Waals surface area contributed by atoms with Crippen molar-refractivity contribution in [3.8, 4) is 23.3 Å². The summed E-state index contributed by atoms with van der Waals surface area (Å²) in [6.07, 6.45) is 1.52. The number of thiazole rings is 1. The van der Waals surface area contributed by atoms with Gasteiger partial charge in [-0.1, -0.05) is 55.5 Å². The summed E-state index contributed by atoms with van der Waals surface area (Å²) in [6, 6.07) is 21.1. The minimum Gasteiger partial charge on any atom is -0.490 e. The lowest BCUT2D eigenvalue weighted by atomic mass is 10.0. The molecule has 0 unspecified atom stereocenters. The van der Waals surface area contributed by atoms with E-state index in [1.807, 2.05) is 50.2 Å². The number of hydrogen-bond donors (Lipinski definition) is 1. The molecule has 0 atom stereocenters. The second-order valence-corrected chi connectivity index (χ2v) is 10.2. The molecule has 0 radical (unpaired) electrons. The van der Waals surface area contributed by atoms with Crippen LogP contribution in [0.25, 0.3) is 16.3 Å². The minimum atomic E-state index is -0.524. The Morgan fingerprint density at radius 1 is 1.03 bits per heavy atom. The van der Waals surface area contributed by atoms with Gasteiger partial charge >= 0.3 is 0 Å². The van der Waals surface area contributed by atoms with Crippen LogP contribution < -0.4 is 19.5 Å². The third-order valence-corrected chi connectivity index (χ3v) is 6.80. The maximum absolute atomic E-state index is 12.8. The molecule has 1 aromatic heterocycles. The molecule has 0 spiro atoms. The number of hydrogen-bond acceptors (Lipinski definition) is 7. The van der Waals surface area contributed by atoms with E-state index in [4.69, 9.17) is 14.2 Å². The number of carbonyl (C=O) groups is 1. The van der Waals surface area contributed by atoms with Crippen molar-refractivity contribution in [2.45, 2.75) is 33.6 Å². The highest BCUT2D eigenvalue weighted by molar-refractivity contribution is 7.22. The topological polar surface area (TPSA) is 93.5 Å². The number of aryl methyl sites for hydroxylation is 1. The van der Waals surface area contributed by atoms with Crippen molar-refractivity contribution in [3.63, 3.8) is 0 Å². The standard InChI is InChI=1S/C31H31N3O4S/c1-5-36-28-18-22(17-23(19-32)30(35)34-31-33-25-8-6-7-9-29(25)39-31)11-13-26(28)37-14-15-38-27-16-21(4)10-12-24(27)20(2)3/h6-13,16-18,20H,5,14-15H2,1-4H3,(H,33,34,35)/b23-17+. The molecular formula is C31H31N3O4S. The Hall–Kier alpha value is -4.35. The number of ether oxygens (including phenoxy) is 3. The van der Waals surface area contributed by atoms with E-state index < -0.39 is 5.91 Å². The smallest absolute Gasteiger partial charge is 0.268 e. The van der Waals surface area contributed by atoms with Crippen LogP contribution in [0.3, 0.4) is 0 Å². The molecule has 0 bridgehead atoms. The Balaban J connectivity index is 1.42. The van der Waals surface area contributed by atoms with Gasteiger partial charge in [0.25, 0.3) is 5.91 Å². The molecule has 200 valence electrons. The Labute approximate surface area is 232 Å². The first-order chi connectivity index (χ1) is 18.9. The molecular weight excluding hydrogens is 510 g/mol. The van der Waals surface area contributed by atoms with Crippen LogP contribution in [-0.2, 0) is 4.79 Å². The summed E-state index contributed by atoms with van der Waals surface area (Å²) in [5.41, 5.74) is 3.69. The lowest BCUT2D eigenvalue weighted by Crippen LogP contribution is -2.13. The van der Waals surface area contributed by atoms with Crippen molar-refractivity contribution in [2.75, 3.05) is 25.1 Å². The predicted octanol–water partition coefficient (Wildman–Crippen LogP) is 7.13. The lowest BCUT2D eigenvalue weighted by molar-refractivity contribution is -0.112. The van der Waals surface area contributed by atoms with Gasteiger partial charge in [-0.05, 0) is 72.9 Å². The van der Waals surface area contributed by atoms with Gasteiger partial charge in [0, 0.05) is 0 Å². The zero-order chi connectivity index (χ0) is 27.8. The van der Waals surface area contributed by atoms with Crippen LogP contribution in [0.15, 0.2) is 66.2 Å². The van der Waals surface area contributed by atoms with Crippen LogP contribution in [0.4, 0.5) is 5.13 Å². The van der Waals surface area contributed by atoms with Crippen LogP contribution in [-0.4, -0.2) is 30.7 Å². The summed E-state index contributed by atoms with van der Waals surface area (Å²) in [5, 5.41) is 12.8. The number of nitrogens with zero attached hydrogens (tertiary/aromatic N) is 2. The molecule has 4 rings (SSSR count). The number of aromatic nitrogens is 1. The summed E-state index contributed by atoms with van der Waals surface area (Å²) >= 11 is 1.35. The number of para-hydroxylation sites is 1. The van der Waals surface area contributed by atoms with E-state index in [2.05, 4.69) is 36.3 Å². The number of rotatable bonds is 11. The van der Waals surface area contributed by atoms with Gasteiger partial charge in [-0.15, -0.1) is 0 Å². The molecule has 7 nitrogen and oxygen atoms in total. The Morgan fingerprint density at radius 3 is 2.51 bits per heavy atom. The zero-order valence-electron chi connectivity index (χ0n) is 22.5. The molecule has 0 saturated heterocycles. The maximum atomic E-state index is 12.8. The number of anilines is 1. The van der Waals surface area contributed by atoms with Gasteiger partial charge in [-0.3, -0.25) is 10.1 Å². The minimum absolute atomic E-state index is 0.0436. The van der Waals surface area contributed by atoms with Gasteiger partial charge in [0.15, 0.2) is 16.6 Å². The quantitative estimate of drug-likeness (QED) is 0.123. The van der Waals surface area contributed by atoms with E-state index >= 15 is 0 Å². The van der Waals surface area contributed by atoms with Crippen molar-refractivity contribution < 1.29 is 19.0 Å². The number of nitriles is 1. The van der Waals surface area contributed by atoms with Crippen LogP contribution in [0.1, 0.15) is 43.4 Å². The van der Waals surface area contributed by atoms with E-state index in [9.17, 15) is 10.1 Å².